The molecule has 1 aromatic carbocycles. The molecule has 0 heterocycles. The van der Waals surface area contributed by atoms with Crippen LogP contribution in [0.4, 0.5) is 0 Å². The van der Waals surface area contributed by atoms with E-state index in [4.69, 9.17) is 28.9 Å². The van der Waals surface area contributed by atoms with Gasteiger partial charge in [0.05, 0.1) is 5.22 Å². The van der Waals surface area contributed by atoms with E-state index in [1.165, 1.54) is 24.3 Å². The van der Waals surface area contributed by atoms with E-state index in [9.17, 15) is 4.79 Å². The van der Waals surface area contributed by atoms with Gasteiger partial charge in [0.2, 0.25) is 0 Å². The third-order valence-corrected chi connectivity index (χ3v) is 2.31. The van der Waals surface area contributed by atoms with Crippen LogP contribution in [-0.2, 0) is 9.53 Å². The van der Waals surface area contributed by atoms with E-state index in [1.807, 2.05) is 0 Å². The number of ether oxygens (including phenoxy) is 1. The maximum Gasteiger partial charge on any atom is 0.526 e. The lowest BCUT2D eigenvalue weighted by Crippen LogP contribution is -2.19. The number of rotatable bonds is 3. The van der Waals surface area contributed by atoms with Gasteiger partial charge < -0.3 is 10.5 Å². The van der Waals surface area contributed by atoms with Crippen LogP contribution in [0.2, 0.25) is 0 Å². The molecular formula is C14H10N4O2. The molecule has 0 saturated heterocycles. The van der Waals surface area contributed by atoms with E-state index in [-0.39, 0.29) is 24.5 Å². The van der Waals surface area contributed by atoms with Crippen LogP contribution in [0.1, 0.15) is 0 Å². The molecule has 0 atom stereocenters. The van der Waals surface area contributed by atoms with Crippen molar-refractivity contribution >= 4 is 17.4 Å². The zero-order chi connectivity index (χ0) is 15.0. The summed E-state index contributed by atoms with van der Waals surface area (Å²) in [7, 11) is 0. The Bertz CT molecular complexity index is 721. The first-order chi connectivity index (χ1) is 9.67. The highest BCUT2D eigenvalue weighted by Crippen LogP contribution is 1.97. The molecule has 1 aromatic rings. The number of nitrogens with zero attached hydrogens (tertiary/aromatic N) is 3. The summed E-state index contributed by atoms with van der Waals surface area (Å²) in [5, 5.41) is 9.80. The number of esters is 1. The minimum atomic E-state index is -0.745. The predicted octanol–water partition coefficient (Wildman–Crippen LogP) is -0.233. The van der Waals surface area contributed by atoms with Crippen molar-refractivity contribution in [1.29, 1.82) is 5.26 Å². The van der Waals surface area contributed by atoms with Gasteiger partial charge in [0.1, 0.15) is 31.4 Å². The Labute approximate surface area is 115 Å². The van der Waals surface area contributed by atoms with Crippen molar-refractivity contribution in [3.05, 3.63) is 57.5 Å². The van der Waals surface area contributed by atoms with Gasteiger partial charge in [0.25, 0.3) is 0 Å². The van der Waals surface area contributed by atoms with E-state index in [2.05, 4.69) is 9.69 Å². The molecule has 0 fully saturated rings. The quantitative estimate of drug-likeness (QED) is 0.605. The van der Waals surface area contributed by atoms with Crippen LogP contribution >= 0.6 is 0 Å². The fourth-order valence-corrected chi connectivity index (χ4v) is 1.39. The van der Waals surface area contributed by atoms with Crippen LogP contribution in [-0.4, -0.2) is 19.1 Å². The van der Waals surface area contributed by atoms with E-state index in [0.29, 0.717) is 10.4 Å². The number of hydrogen-bond donors (Lipinski definition) is 1. The van der Waals surface area contributed by atoms with Crippen LogP contribution in [0, 0.1) is 24.5 Å². The van der Waals surface area contributed by atoms with Gasteiger partial charge in [-0.3, -0.25) is 0 Å². The highest BCUT2D eigenvalue weighted by atomic mass is 16.5. The first-order valence-electron chi connectivity index (χ1n) is 5.54. The predicted molar refractivity (Wildman–Crippen MR) is 71.3 cm³/mol. The molecule has 0 aliphatic heterocycles. The number of benzene rings is 1. The lowest BCUT2D eigenvalue weighted by atomic mass is 10.1. The Hall–Kier alpha value is -3.14. The summed E-state index contributed by atoms with van der Waals surface area (Å²) >= 11 is 0. The molecule has 98 valence electrons. The summed E-state index contributed by atoms with van der Waals surface area (Å²) < 4.78 is 4.79. The molecule has 20 heavy (non-hydrogen) atoms. The van der Waals surface area contributed by atoms with Crippen molar-refractivity contribution in [3.8, 4) is 6.07 Å². The van der Waals surface area contributed by atoms with E-state index in [0.717, 1.165) is 0 Å². The van der Waals surface area contributed by atoms with Gasteiger partial charge in [-0.2, -0.15) is 15.0 Å². The molecule has 0 saturated carbocycles. The smallest absolute Gasteiger partial charge is 0.460 e. The van der Waals surface area contributed by atoms with Gasteiger partial charge in [-0.25, -0.2) is 4.79 Å². The summed E-state index contributed by atoms with van der Waals surface area (Å²) in [4.78, 5) is 17.8. The Morgan fingerprint density at radius 3 is 2.25 bits per heavy atom. The molecule has 0 aromatic heterocycles. The second-order valence-corrected chi connectivity index (χ2v) is 3.54. The van der Waals surface area contributed by atoms with Crippen molar-refractivity contribution in [2.45, 2.75) is 0 Å². The number of carbonyl (C=O) groups is 1. The van der Waals surface area contributed by atoms with Gasteiger partial charge >= 0.3 is 11.8 Å². The fourth-order valence-electron chi connectivity index (χ4n) is 1.39. The molecule has 0 radical (unpaired) electrons. The van der Waals surface area contributed by atoms with Crippen LogP contribution in [0.15, 0.2) is 24.3 Å². The summed E-state index contributed by atoms with van der Waals surface area (Å²) in [5.74, 6) is -0.814. The van der Waals surface area contributed by atoms with Crippen LogP contribution in [0.5, 0.6) is 0 Å². The summed E-state index contributed by atoms with van der Waals surface area (Å²) in [6.45, 7) is 13.9. The van der Waals surface area contributed by atoms with Crippen molar-refractivity contribution in [3.63, 3.8) is 0 Å². The van der Waals surface area contributed by atoms with Gasteiger partial charge in [-0.1, -0.05) is 24.3 Å². The lowest BCUT2D eigenvalue weighted by Gasteiger charge is -2.00. The summed E-state index contributed by atoms with van der Waals surface area (Å²) in [6.07, 6.45) is 0. The highest BCUT2D eigenvalue weighted by molar-refractivity contribution is 6.15. The highest BCUT2D eigenvalue weighted by Gasteiger charge is 2.11. The molecule has 0 unspecified atom stereocenters. The van der Waals surface area contributed by atoms with Crippen molar-refractivity contribution in [2.24, 2.45) is 5.73 Å². The first kappa shape index (κ1) is 14.9. The second-order valence-electron chi connectivity index (χ2n) is 3.54. The summed E-state index contributed by atoms with van der Waals surface area (Å²) in [5.41, 5.74) is 5.07. The van der Waals surface area contributed by atoms with Crippen molar-refractivity contribution < 1.29 is 9.53 Å². The summed E-state index contributed by atoms with van der Waals surface area (Å²) in [6, 6.07) is 7.78. The Morgan fingerprint density at radius 2 is 1.80 bits per heavy atom. The van der Waals surface area contributed by atoms with E-state index < -0.39 is 5.97 Å². The van der Waals surface area contributed by atoms with Crippen LogP contribution in [0.3, 0.4) is 0 Å². The van der Waals surface area contributed by atoms with E-state index in [1.54, 1.807) is 6.07 Å². The Kier molecular flexibility index (Phi) is 5.47. The van der Waals surface area contributed by atoms with Gasteiger partial charge in [-0.15, -0.1) is 0 Å². The monoisotopic (exact) mass is 266 g/mol. The topological polar surface area (TPSA) is 84.8 Å². The zero-order valence-electron chi connectivity index (χ0n) is 10.5. The molecule has 0 bridgehead atoms. The average molecular weight is 266 g/mol. The van der Waals surface area contributed by atoms with Crippen molar-refractivity contribution in [1.82, 2.24) is 0 Å². The molecule has 0 aliphatic rings. The van der Waals surface area contributed by atoms with E-state index >= 15 is 0 Å². The van der Waals surface area contributed by atoms with Crippen LogP contribution < -0.4 is 16.2 Å². The molecule has 6 heteroatoms. The Morgan fingerprint density at radius 1 is 1.25 bits per heavy atom. The number of nitrogens with two attached hydrogens (primary N) is 1. The van der Waals surface area contributed by atoms with Gasteiger partial charge in [0.15, 0.2) is 0 Å². The molecule has 2 N–H and O–H groups in total. The molecule has 6 nitrogen and oxygen atoms in total. The largest absolute Gasteiger partial charge is 0.526 e. The SMILES string of the molecule is [C-]#[N+]C([N+]#[C-])=c1ccc(=C(C#N)C(=O)OCCN)cc1. The average Bonchev–Trinajstić information content (AvgIpc) is 2.48. The van der Waals surface area contributed by atoms with Crippen LogP contribution in [0.25, 0.3) is 21.1 Å². The number of nitriles is 1. The zero-order valence-corrected chi connectivity index (χ0v) is 10.5. The maximum absolute atomic E-state index is 11.6. The fraction of sp³-hybridized carbons (Fsp3) is 0.143. The first-order valence-corrected chi connectivity index (χ1v) is 5.54. The molecule has 0 spiro atoms. The third kappa shape index (κ3) is 3.43. The maximum atomic E-state index is 11.6. The third-order valence-electron chi connectivity index (χ3n) is 2.31. The molecule has 0 aliphatic carbocycles. The second kappa shape index (κ2) is 7.33. The lowest BCUT2D eigenvalue weighted by molar-refractivity contribution is -0.136. The van der Waals surface area contributed by atoms with Gasteiger partial charge in [-0.05, 0) is 5.22 Å². The molecule has 0 amide bonds. The minimum Gasteiger partial charge on any atom is -0.460 e. The standard InChI is InChI=1S/C14H10N4O2/c1-17-13(18-2)11-5-3-10(4-6-11)12(9-16)14(19)20-8-7-15/h3-6H,7-8,15H2. The normalized spacial score (nSPS) is 8.70. The molecular weight excluding hydrogens is 256 g/mol. The minimum absolute atomic E-state index is 0.0372. The Balaban J connectivity index is 3.33. The number of hydrogen-bond acceptors (Lipinski definition) is 4. The molecule has 1 rings (SSSR count). The van der Waals surface area contributed by atoms with Crippen molar-refractivity contribution in [2.75, 3.05) is 13.2 Å². The number of carbonyl (C=O) groups excluding carboxylic acids is 1. The van der Waals surface area contributed by atoms with Gasteiger partial charge in [0, 0.05) is 6.54 Å².